The molecule has 0 bridgehead atoms. The molecule has 0 spiro atoms. The van der Waals surface area contributed by atoms with Crippen molar-refractivity contribution in [1.82, 2.24) is 5.32 Å². The standard InChI is InChI=1S/C19H25NO/c1-4-12-20-19(16-9-6-8-15(5-2)13-16)17-10-7-11-18(14-17)21-3/h6-11,13-14,19-20H,4-5,12H2,1-3H3. The van der Waals surface area contributed by atoms with Gasteiger partial charge in [-0.25, -0.2) is 0 Å². The third-order valence-corrected chi connectivity index (χ3v) is 3.72. The van der Waals surface area contributed by atoms with Crippen LogP contribution in [0.2, 0.25) is 0 Å². The van der Waals surface area contributed by atoms with E-state index in [1.165, 1.54) is 16.7 Å². The molecule has 1 unspecified atom stereocenters. The summed E-state index contributed by atoms with van der Waals surface area (Å²) in [6, 6.07) is 17.4. The molecule has 0 aliphatic carbocycles. The highest BCUT2D eigenvalue weighted by atomic mass is 16.5. The van der Waals surface area contributed by atoms with E-state index in [2.05, 4.69) is 61.6 Å². The molecular weight excluding hydrogens is 258 g/mol. The Hall–Kier alpha value is -1.80. The summed E-state index contributed by atoms with van der Waals surface area (Å²) < 4.78 is 5.36. The molecule has 0 amide bonds. The van der Waals surface area contributed by atoms with Crippen molar-refractivity contribution in [2.45, 2.75) is 32.7 Å². The summed E-state index contributed by atoms with van der Waals surface area (Å²) in [4.78, 5) is 0. The van der Waals surface area contributed by atoms with E-state index in [0.29, 0.717) is 0 Å². The first-order valence-electron chi connectivity index (χ1n) is 7.74. The van der Waals surface area contributed by atoms with Crippen molar-refractivity contribution in [3.05, 3.63) is 65.2 Å². The molecule has 0 aromatic heterocycles. The fourth-order valence-electron chi connectivity index (χ4n) is 2.53. The van der Waals surface area contributed by atoms with Crippen molar-refractivity contribution in [3.8, 4) is 5.75 Å². The van der Waals surface area contributed by atoms with Gasteiger partial charge in [0.25, 0.3) is 0 Å². The van der Waals surface area contributed by atoms with Crippen LogP contribution in [0, 0.1) is 0 Å². The summed E-state index contributed by atoms with van der Waals surface area (Å²) in [5, 5.41) is 3.65. The van der Waals surface area contributed by atoms with Crippen LogP contribution in [0.1, 0.15) is 43.0 Å². The molecule has 2 aromatic carbocycles. The summed E-state index contributed by atoms with van der Waals surface area (Å²) in [6.07, 6.45) is 2.18. The monoisotopic (exact) mass is 283 g/mol. The Morgan fingerprint density at radius 3 is 2.38 bits per heavy atom. The van der Waals surface area contributed by atoms with Gasteiger partial charge in [-0.3, -0.25) is 0 Å². The molecule has 0 heterocycles. The van der Waals surface area contributed by atoms with Gasteiger partial charge in [-0.1, -0.05) is 50.2 Å². The minimum Gasteiger partial charge on any atom is -0.497 e. The highest BCUT2D eigenvalue weighted by Crippen LogP contribution is 2.26. The maximum atomic E-state index is 5.36. The van der Waals surface area contributed by atoms with Crippen molar-refractivity contribution in [3.63, 3.8) is 0 Å². The molecule has 2 aromatic rings. The molecule has 0 saturated carbocycles. The zero-order valence-electron chi connectivity index (χ0n) is 13.2. The Bertz CT molecular complexity index is 517. The van der Waals surface area contributed by atoms with Gasteiger partial charge < -0.3 is 10.1 Å². The molecule has 1 N–H and O–H groups in total. The zero-order chi connectivity index (χ0) is 15.1. The molecule has 1 atom stereocenters. The Balaban J connectivity index is 2.36. The van der Waals surface area contributed by atoms with Gasteiger partial charge >= 0.3 is 0 Å². The summed E-state index contributed by atoms with van der Waals surface area (Å²) in [7, 11) is 1.71. The minimum absolute atomic E-state index is 0.214. The number of methoxy groups -OCH3 is 1. The number of benzene rings is 2. The van der Waals surface area contributed by atoms with Crippen LogP contribution in [-0.2, 0) is 6.42 Å². The van der Waals surface area contributed by atoms with Gasteiger partial charge in [0.1, 0.15) is 5.75 Å². The Labute approximate surface area is 128 Å². The lowest BCUT2D eigenvalue weighted by molar-refractivity contribution is 0.413. The second kappa shape index (κ2) is 7.84. The summed E-state index contributed by atoms with van der Waals surface area (Å²) in [5.74, 6) is 0.905. The first-order valence-corrected chi connectivity index (χ1v) is 7.74. The lowest BCUT2D eigenvalue weighted by Crippen LogP contribution is -2.23. The van der Waals surface area contributed by atoms with Crippen LogP contribution >= 0.6 is 0 Å². The van der Waals surface area contributed by atoms with Crippen molar-refractivity contribution in [2.75, 3.05) is 13.7 Å². The number of ether oxygens (including phenoxy) is 1. The maximum Gasteiger partial charge on any atom is 0.119 e. The molecule has 0 saturated heterocycles. The zero-order valence-corrected chi connectivity index (χ0v) is 13.2. The number of hydrogen-bond donors (Lipinski definition) is 1. The molecule has 0 radical (unpaired) electrons. The number of aryl methyl sites for hydroxylation is 1. The van der Waals surface area contributed by atoms with E-state index in [0.717, 1.165) is 25.1 Å². The van der Waals surface area contributed by atoms with E-state index in [9.17, 15) is 0 Å². The van der Waals surface area contributed by atoms with Crippen molar-refractivity contribution in [2.24, 2.45) is 0 Å². The number of nitrogens with one attached hydrogen (secondary N) is 1. The molecule has 2 rings (SSSR count). The average Bonchev–Trinajstić information content (AvgIpc) is 2.55. The number of hydrogen-bond acceptors (Lipinski definition) is 2. The second-order valence-corrected chi connectivity index (χ2v) is 5.26. The predicted octanol–water partition coefficient (Wildman–Crippen LogP) is 4.35. The highest BCUT2D eigenvalue weighted by molar-refractivity contribution is 5.38. The van der Waals surface area contributed by atoms with E-state index in [1.54, 1.807) is 7.11 Å². The SMILES string of the molecule is CCCNC(c1cccc(CC)c1)c1cccc(OC)c1. The van der Waals surface area contributed by atoms with Gasteiger partial charge in [0.2, 0.25) is 0 Å². The first kappa shape index (κ1) is 15.6. The maximum absolute atomic E-state index is 5.36. The molecule has 0 fully saturated rings. The van der Waals surface area contributed by atoms with E-state index in [4.69, 9.17) is 4.74 Å². The van der Waals surface area contributed by atoms with Crippen LogP contribution in [0.4, 0.5) is 0 Å². The van der Waals surface area contributed by atoms with Crippen LogP contribution in [0.15, 0.2) is 48.5 Å². The van der Waals surface area contributed by atoms with Crippen LogP contribution in [-0.4, -0.2) is 13.7 Å². The quantitative estimate of drug-likeness (QED) is 0.816. The van der Waals surface area contributed by atoms with Gasteiger partial charge in [0.05, 0.1) is 13.2 Å². The highest BCUT2D eigenvalue weighted by Gasteiger charge is 2.14. The predicted molar refractivity (Wildman–Crippen MR) is 89.0 cm³/mol. The van der Waals surface area contributed by atoms with Crippen LogP contribution in [0.3, 0.4) is 0 Å². The summed E-state index contributed by atoms with van der Waals surface area (Å²) >= 11 is 0. The fraction of sp³-hybridized carbons (Fsp3) is 0.368. The normalized spacial score (nSPS) is 12.1. The van der Waals surface area contributed by atoms with Gasteiger partial charge in [0, 0.05) is 0 Å². The van der Waals surface area contributed by atoms with Gasteiger partial charge in [-0.05, 0) is 48.2 Å². The molecule has 2 heteroatoms. The van der Waals surface area contributed by atoms with Crippen molar-refractivity contribution < 1.29 is 4.74 Å². The molecule has 0 aliphatic heterocycles. The topological polar surface area (TPSA) is 21.3 Å². The van der Waals surface area contributed by atoms with E-state index >= 15 is 0 Å². The van der Waals surface area contributed by atoms with Gasteiger partial charge in [-0.15, -0.1) is 0 Å². The van der Waals surface area contributed by atoms with Crippen LogP contribution < -0.4 is 10.1 Å². The van der Waals surface area contributed by atoms with Crippen molar-refractivity contribution >= 4 is 0 Å². The van der Waals surface area contributed by atoms with Gasteiger partial charge in [-0.2, -0.15) is 0 Å². The van der Waals surface area contributed by atoms with E-state index in [1.807, 2.05) is 6.07 Å². The minimum atomic E-state index is 0.214. The van der Waals surface area contributed by atoms with Crippen LogP contribution in [0.25, 0.3) is 0 Å². The van der Waals surface area contributed by atoms with Crippen molar-refractivity contribution in [1.29, 1.82) is 0 Å². The molecular formula is C19H25NO. The second-order valence-electron chi connectivity index (χ2n) is 5.26. The lowest BCUT2D eigenvalue weighted by atomic mass is 9.96. The molecule has 112 valence electrons. The van der Waals surface area contributed by atoms with E-state index < -0.39 is 0 Å². The Morgan fingerprint density at radius 1 is 1.00 bits per heavy atom. The van der Waals surface area contributed by atoms with E-state index in [-0.39, 0.29) is 6.04 Å². The molecule has 2 nitrogen and oxygen atoms in total. The summed E-state index contributed by atoms with van der Waals surface area (Å²) in [5.41, 5.74) is 3.94. The fourth-order valence-corrected chi connectivity index (χ4v) is 2.53. The average molecular weight is 283 g/mol. The molecule has 21 heavy (non-hydrogen) atoms. The summed E-state index contributed by atoms with van der Waals surface area (Å²) in [6.45, 7) is 5.38. The number of rotatable bonds is 7. The Kier molecular flexibility index (Phi) is 5.82. The Morgan fingerprint density at radius 2 is 1.71 bits per heavy atom. The first-order chi connectivity index (χ1) is 10.3. The largest absolute Gasteiger partial charge is 0.497 e. The third-order valence-electron chi connectivity index (χ3n) is 3.72. The molecule has 0 aliphatic rings. The van der Waals surface area contributed by atoms with Crippen LogP contribution in [0.5, 0.6) is 5.75 Å². The smallest absolute Gasteiger partial charge is 0.119 e. The third kappa shape index (κ3) is 4.08. The lowest BCUT2D eigenvalue weighted by Gasteiger charge is -2.21. The van der Waals surface area contributed by atoms with Gasteiger partial charge in [0.15, 0.2) is 0 Å².